The van der Waals surface area contributed by atoms with Crippen LogP contribution in [-0.2, 0) is 9.59 Å². The SMILES string of the molecule is O=C(Nc1ccc(-c2cccc(F)c2F)cn1)C1CCCCN1C(=O)C1CC1. The molecule has 2 aliphatic rings. The summed E-state index contributed by atoms with van der Waals surface area (Å²) in [5, 5.41) is 2.75. The fourth-order valence-corrected chi connectivity index (χ4v) is 3.60. The van der Waals surface area contributed by atoms with E-state index in [-0.39, 0.29) is 23.3 Å². The van der Waals surface area contributed by atoms with Crippen LogP contribution in [0, 0.1) is 17.6 Å². The minimum absolute atomic E-state index is 0.0738. The van der Waals surface area contributed by atoms with Crippen LogP contribution >= 0.6 is 0 Å². The smallest absolute Gasteiger partial charge is 0.248 e. The van der Waals surface area contributed by atoms with Gasteiger partial charge in [0.1, 0.15) is 11.9 Å². The van der Waals surface area contributed by atoms with E-state index < -0.39 is 17.7 Å². The Hall–Kier alpha value is -2.83. The highest BCUT2D eigenvalue weighted by Crippen LogP contribution is 2.33. The first-order valence-corrected chi connectivity index (χ1v) is 9.56. The Morgan fingerprint density at radius 3 is 2.61 bits per heavy atom. The molecule has 2 heterocycles. The molecule has 1 N–H and O–H groups in total. The summed E-state index contributed by atoms with van der Waals surface area (Å²) < 4.78 is 27.3. The van der Waals surface area contributed by atoms with Crippen molar-refractivity contribution in [1.82, 2.24) is 9.88 Å². The Kier molecular flexibility index (Phi) is 5.07. The van der Waals surface area contributed by atoms with E-state index in [4.69, 9.17) is 0 Å². The first-order chi connectivity index (χ1) is 13.5. The number of carbonyl (C=O) groups excluding carboxylic acids is 2. The van der Waals surface area contributed by atoms with Crippen molar-refractivity contribution in [2.24, 2.45) is 5.92 Å². The molecule has 28 heavy (non-hydrogen) atoms. The Bertz CT molecular complexity index is 897. The van der Waals surface area contributed by atoms with Crippen LogP contribution in [0.25, 0.3) is 11.1 Å². The lowest BCUT2D eigenvalue weighted by atomic mass is 10.0. The Labute approximate surface area is 161 Å². The van der Waals surface area contributed by atoms with Crippen LogP contribution in [0.1, 0.15) is 32.1 Å². The van der Waals surface area contributed by atoms with Crippen LogP contribution in [0.3, 0.4) is 0 Å². The van der Waals surface area contributed by atoms with E-state index in [9.17, 15) is 18.4 Å². The summed E-state index contributed by atoms with van der Waals surface area (Å²) in [6.45, 7) is 0.610. The second kappa shape index (κ2) is 7.66. The van der Waals surface area contributed by atoms with Gasteiger partial charge in [0.05, 0.1) is 0 Å². The van der Waals surface area contributed by atoms with E-state index in [1.54, 1.807) is 17.0 Å². The molecule has 2 amide bonds. The molecule has 5 nitrogen and oxygen atoms in total. The number of benzene rings is 1. The number of carbonyl (C=O) groups is 2. The zero-order valence-corrected chi connectivity index (χ0v) is 15.3. The molecule has 7 heteroatoms. The van der Waals surface area contributed by atoms with E-state index in [0.29, 0.717) is 24.3 Å². The molecule has 0 radical (unpaired) electrons. The van der Waals surface area contributed by atoms with Gasteiger partial charge in [-0.2, -0.15) is 0 Å². The molecule has 4 rings (SSSR count). The fourth-order valence-electron chi connectivity index (χ4n) is 3.60. The van der Waals surface area contributed by atoms with Crippen molar-refractivity contribution in [1.29, 1.82) is 0 Å². The third kappa shape index (κ3) is 3.74. The molecule has 1 aliphatic carbocycles. The zero-order valence-electron chi connectivity index (χ0n) is 15.3. The maximum atomic E-state index is 13.9. The molecule has 1 saturated carbocycles. The fraction of sp³-hybridized carbons (Fsp3) is 0.381. The van der Waals surface area contributed by atoms with Gasteiger partial charge in [0.2, 0.25) is 11.8 Å². The second-order valence-corrected chi connectivity index (χ2v) is 7.34. The molecule has 1 aliphatic heterocycles. The number of amides is 2. The van der Waals surface area contributed by atoms with Crippen LogP contribution in [0.2, 0.25) is 0 Å². The van der Waals surface area contributed by atoms with Gasteiger partial charge in [0.15, 0.2) is 11.6 Å². The first kappa shape index (κ1) is 18.5. The van der Waals surface area contributed by atoms with Crippen molar-refractivity contribution in [3.8, 4) is 11.1 Å². The van der Waals surface area contributed by atoms with Crippen molar-refractivity contribution in [2.45, 2.75) is 38.1 Å². The Balaban J connectivity index is 1.47. The summed E-state index contributed by atoms with van der Waals surface area (Å²) in [6, 6.07) is 6.60. The molecule has 1 unspecified atom stereocenters. The summed E-state index contributed by atoms with van der Waals surface area (Å²) in [5.41, 5.74) is 0.525. The zero-order chi connectivity index (χ0) is 19.7. The van der Waals surface area contributed by atoms with E-state index in [1.165, 1.54) is 18.3 Å². The highest BCUT2D eigenvalue weighted by molar-refractivity contribution is 5.97. The highest BCUT2D eigenvalue weighted by Gasteiger charge is 2.39. The summed E-state index contributed by atoms with van der Waals surface area (Å²) in [4.78, 5) is 31.0. The molecule has 1 aromatic carbocycles. The topological polar surface area (TPSA) is 62.3 Å². The van der Waals surface area contributed by atoms with E-state index in [1.807, 2.05) is 0 Å². The lowest BCUT2D eigenvalue weighted by Crippen LogP contribution is -2.50. The number of rotatable bonds is 4. The number of anilines is 1. The van der Waals surface area contributed by atoms with Crippen LogP contribution in [0.5, 0.6) is 0 Å². The normalized spacial score (nSPS) is 19.4. The maximum absolute atomic E-state index is 13.9. The molecule has 1 atom stereocenters. The van der Waals surface area contributed by atoms with Gasteiger partial charge in [-0.05, 0) is 50.3 Å². The molecular formula is C21H21F2N3O2. The average molecular weight is 385 g/mol. The van der Waals surface area contributed by atoms with Gasteiger partial charge < -0.3 is 10.2 Å². The summed E-state index contributed by atoms with van der Waals surface area (Å²) >= 11 is 0. The van der Waals surface area contributed by atoms with Gasteiger partial charge in [-0.3, -0.25) is 9.59 Å². The standard InChI is InChI=1S/C21H21F2N3O2/c22-16-5-3-4-15(19(16)23)14-9-10-18(24-12-14)25-20(27)17-6-1-2-11-26(17)21(28)13-7-8-13/h3-5,9-10,12-13,17H,1-2,6-8,11H2,(H,24,25,27). The van der Waals surface area contributed by atoms with Gasteiger partial charge in [-0.15, -0.1) is 0 Å². The van der Waals surface area contributed by atoms with Crippen LogP contribution < -0.4 is 5.32 Å². The predicted octanol–water partition coefficient (Wildman–Crippen LogP) is 3.76. The van der Waals surface area contributed by atoms with Gasteiger partial charge >= 0.3 is 0 Å². The van der Waals surface area contributed by atoms with Crippen molar-refractivity contribution in [3.63, 3.8) is 0 Å². The monoisotopic (exact) mass is 385 g/mol. The minimum Gasteiger partial charge on any atom is -0.330 e. The number of piperidine rings is 1. The maximum Gasteiger partial charge on any atom is 0.248 e. The molecule has 2 aromatic rings. The van der Waals surface area contributed by atoms with Crippen molar-refractivity contribution in [3.05, 3.63) is 48.2 Å². The number of halogens is 2. The number of hydrogen-bond acceptors (Lipinski definition) is 3. The number of nitrogens with zero attached hydrogens (tertiary/aromatic N) is 2. The quantitative estimate of drug-likeness (QED) is 0.872. The summed E-state index contributed by atoms with van der Waals surface area (Å²) in [7, 11) is 0. The predicted molar refractivity (Wildman–Crippen MR) is 100 cm³/mol. The molecule has 2 fully saturated rings. The highest BCUT2D eigenvalue weighted by atomic mass is 19.2. The molecule has 1 saturated heterocycles. The van der Waals surface area contributed by atoms with Crippen LogP contribution in [0.15, 0.2) is 36.5 Å². The van der Waals surface area contributed by atoms with Gasteiger partial charge in [-0.1, -0.05) is 12.1 Å². The van der Waals surface area contributed by atoms with E-state index >= 15 is 0 Å². The van der Waals surface area contributed by atoms with E-state index in [0.717, 1.165) is 31.7 Å². The van der Waals surface area contributed by atoms with Crippen LogP contribution in [0.4, 0.5) is 14.6 Å². The number of pyridine rings is 1. The number of hydrogen-bond donors (Lipinski definition) is 1. The van der Waals surface area contributed by atoms with E-state index in [2.05, 4.69) is 10.3 Å². The van der Waals surface area contributed by atoms with Gasteiger partial charge in [-0.25, -0.2) is 13.8 Å². The van der Waals surface area contributed by atoms with Crippen LogP contribution in [-0.4, -0.2) is 34.3 Å². The summed E-state index contributed by atoms with van der Waals surface area (Å²) in [6.07, 6.45) is 5.65. The number of nitrogens with one attached hydrogen (secondary N) is 1. The molecule has 1 aromatic heterocycles. The lowest BCUT2D eigenvalue weighted by Gasteiger charge is -2.34. The minimum atomic E-state index is -0.933. The third-order valence-corrected chi connectivity index (χ3v) is 5.29. The van der Waals surface area contributed by atoms with Gasteiger partial charge in [0, 0.05) is 29.8 Å². The Morgan fingerprint density at radius 2 is 1.89 bits per heavy atom. The molecule has 0 spiro atoms. The number of likely N-dealkylation sites (tertiary alicyclic amines) is 1. The van der Waals surface area contributed by atoms with Crippen molar-refractivity contribution in [2.75, 3.05) is 11.9 Å². The van der Waals surface area contributed by atoms with Crippen molar-refractivity contribution < 1.29 is 18.4 Å². The third-order valence-electron chi connectivity index (χ3n) is 5.29. The number of aromatic nitrogens is 1. The molecule has 146 valence electrons. The first-order valence-electron chi connectivity index (χ1n) is 9.56. The molecule has 0 bridgehead atoms. The lowest BCUT2D eigenvalue weighted by molar-refractivity contribution is -0.141. The van der Waals surface area contributed by atoms with Crippen molar-refractivity contribution >= 4 is 17.6 Å². The second-order valence-electron chi connectivity index (χ2n) is 7.34. The van der Waals surface area contributed by atoms with Gasteiger partial charge in [0.25, 0.3) is 0 Å². The Morgan fingerprint density at radius 1 is 1.07 bits per heavy atom. The largest absolute Gasteiger partial charge is 0.330 e. The molecular weight excluding hydrogens is 364 g/mol. The summed E-state index contributed by atoms with van der Waals surface area (Å²) in [5.74, 6) is -1.65. The average Bonchev–Trinajstić information content (AvgIpc) is 3.56.